The second kappa shape index (κ2) is 7.97. The first-order chi connectivity index (χ1) is 11.5. The zero-order chi connectivity index (χ0) is 17.0. The zero-order valence-electron chi connectivity index (χ0n) is 13.3. The van der Waals surface area contributed by atoms with Crippen molar-refractivity contribution in [2.75, 3.05) is 19.6 Å². The highest BCUT2D eigenvalue weighted by Gasteiger charge is 2.25. The number of nitrogens with one attached hydrogen (secondary N) is 1. The smallest absolute Gasteiger partial charge is 0.215 e. The predicted molar refractivity (Wildman–Crippen MR) is 99.9 cm³/mol. The summed E-state index contributed by atoms with van der Waals surface area (Å²) in [6.45, 7) is 2.45. The van der Waals surface area contributed by atoms with Crippen LogP contribution in [-0.2, 0) is 15.8 Å². The summed E-state index contributed by atoms with van der Waals surface area (Å²) in [6, 6.07) is 9.17. The molecule has 1 atom stereocenters. The number of likely N-dealkylation sites (tertiary alicyclic amines) is 1. The molecule has 7 heteroatoms. The van der Waals surface area contributed by atoms with Gasteiger partial charge in [0.05, 0.1) is 5.75 Å². The van der Waals surface area contributed by atoms with Crippen LogP contribution in [0, 0.1) is 0 Å². The Morgan fingerprint density at radius 2 is 2.04 bits per heavy atom. The molecule has 0 amide bonds. The van der Waals surface area contributed by atoms with E-state index in [-0.39, 0.29) is 11.8 Å². The number of sulfonamides is 1. The summed E-state index contributed by atoms with van der Waals surface area (Å²) in [6.07, 6.45) is 2.35. The maximum absolute atomic E-state index is 12.4. The zero-order valence-corrected chi connectivity index (χ0v) is 15.7. The highest BCUT2D eigenvalue weighted by Crippen LogP contribution is 2.26. The minimum Gasteiger partial charge on any atom is -0.295 e. The highest BCUT2D eigenvalue weighted by atomic mass is 35.5. The Balaban J connectivity index is 1.67. The van der Waals surface area contributed by atoms with Gasteiger partial charge in [-0.25, -0.2) is 13.1 Å². The number of benzene rings is 1. The van der Waals surface area contributed by atoms with Crippen molar-refractivity contribution in [2.45, 2.75) is 24.6 Å². The monoisotopic (exact) mass is 384 g/mol. The SMILES string of the molecule is O=S(=O)(Cc1cccc(Cl)c1)NCC(c1ccsc1)N1CCCC1. The molecule has 3 rings (SSSR count). The molecule has 1 saturated heterocycles. The summed E-state index contributed by atoms with van der Waals surface area (Å²) in [7, 11) is -3.40. The van der Waals surface area contributed by atoms with Gasteiger partial charge in [-0.3, -0.25) is 4.90 Å². The summed E-state index contributed by atoms with van der Waals surface area (Å²) in [5.41, 5.74) is 1.88. The topological polar surface area (TPSA) is 49.4 Å². The predicted octanol–water partition coefficient (Wildman–Crippen LogP) is 3.66. The molecule has 1 fully saturated rings. The molecule has 1 unspecified atom stereocenters. The molecule has 2 heterocycles. The van der Waals surface area contributed by atoms with Crippen molar-refractivity contribution in [3.8, 4) is 0 Å². The molecule has 2 aromatic rings. The molecule has 130 valence electrons. The van der Waals surface area contributed by atoms with E-state index in [0.29, 0.717) is 17.1 Å². The van der Waals surface area contributed by atoms with Gasteiger partial charge in [-0.2, -0.15) is 11.3 Å². The van der Waals surface area contributed by atoms with Crippen molar-refractivity contribution in [3.63, 3.8) is 0 Å². The van der Waals surface area contributed by atoms with Crippen LogP contribution in [0.25, 0.3) is 0 Å². The third-order valence-corrected chi connectivity index (χ3v) is 6.51. The number of rotatable bonds is 7. The number of halogens is 1. The average molecular weight is 385 g/mol. The molecule has 24 heavy (non-hydrogen) atoms. The minimum absolute atomic E-state index is 0.0517. The van der Waals surface area contributed by atoms with Crippen LogP contribution in [0.2, 0.25) is 5.02 Å². The molecule has 1 N–H and O–H groups in total. The van der Waals surface area contributed by atoms with Crippen LogP contribution in [0.1, 0.15) is 30.0 Å². The number of hydrogen-bond acceptors (Lipinski definition) is 4. The van der Waals surface area contributed by atoms with E-state index in [1.807, 2.05) is 5.38 Å². The highest BCUT2D eigenvalue weighted by molar-refractivity contribution is 7.88. The quantitative estimate of drug-likeness (QED) is 0.792. The molecule has 1 aliphatic rings. The van der Waals surface area contributed by atoms with E-state index in [2.05, 4.69) is 21.1 Å². The standard InChI is InChI=1S/C17H21ClN2O2S2/c18-16-5-3-4-14(10-16)13-24(21,22)19-11-17(15-6-9-23-12-15)20-7-1-2-8-20/h3-6,9-10,12,17,19H,1-2,7-8,11,13H2. The van der Waals surface area contributed by atoms with Gasteiger partial charge in [0, 0.05) is 17.6 Å². The Morgan fingerprint density at radius 3 is 2.71 bits per heavy atom. The van der Waals surface area contributed by atoms with Crippen molar-refractivity contribution in [3.05, 3.63) is 57.2 Å². The summed E-state index contributed by atoms with van der Waals surface area (Å²) in [5, 5.41) is 4.70. The van der Waals surface area contributed by atoms with E-state index in [0.717, 1.165) is 13.1 Å². The van der Waals surface area contributed by atoms with Gasteiger partial charge in [0.15, 0.2) is 0 Å². The lowest BCUT2D eigenvalue weighted by Gasteiger charge is -2.27. The van der Waals surface area contributed by atoms with E-state index in [1.165, 1.54) is 18.4 Å². The molecule has 1 aromatic carbocycles. The van der Waals surface area contributed by atoms with Gasteiger partial charge in [0.1, 0.15) is 0 Å². The maximum Gasteiger partial charge on any atom is 0.215 e. The Kier molecular flexibility index (Phi) is 5.94. The third-order valence-electron chi connectivity index (χ3n) is 4.25. The maximum atomic E-state index is 12.4. The Labute approximate surface area is 152 Å². The molecular weight excluding hydrogens is 364 g/mol. The van der Waals surface area contributed by atoms with Crippen molar-refractivity contribution in [1.82, 2.24) is 9.62 Å². The average Bonchev–Trinajstić information content (AvgIpc) is 3.20. The minimum atomic E-state index is -3.40. The second-order valence-corrected chi connectivity index (χ2v) is 9.08. The molecule has 0 radical (unpaired) electrons. The van der Waals surface area contributed by atoms with E-state index < -0.39 is 10.0 Å². The number of nitrogens with zero attached hydrogens (tertiary/aromatic N) is 1. The number of hydrogen-bond donors (Lipinski definition) is 1. The first-order valence-corrected chi connectivity index (χ1v) is 11.0. The van der Waals surface area contributed by atoms with Crippen LogP contribution >= 0.6 is 22.9 Å². The molecule has 0 bridgehead atoms. The van der Waals surface area contributed by atoms with Gasteiger partial charge in [0.25, 0.3) is 0 Å². The van der Waals surface area contributed by atoms with Crippen molar-refractivity contribution in [1.29, 1.82) is 0 Å². The van der Waals surface area contributed by atoms with E-state index in [4.69, 9.17) is 11.6 Å². The number of thiophene rings is 1. The van der Waals surface area contributed by atoms with Crippen molar-refractivity contribution < 1.29 is 8.42 Å². The molecule has 0 saturated carbocycles. The first-order valence-electron chi connectivity index (χ1n) is 8.01. The Morgan fingerprint density at radius 1 is 1.25 bits per heavy atom. The lowest BCUT2D eigenvalue weighted by molar-refractivity contribution is 0.247. The fourth-order valence-electron chi connectivity index (χ4n) is 3.08. The molecule has 1 aliphatic heterocycles. The largest absolute Gasteiger partial charge is 0.295 e. The second-order valence-electron chi connectivity index (χ2n) is 6.05. The van der Waals surface area contributed by atoms with E-state index in [9.17, 15) is 8.42 Å². The van der Waals surface area contributed by atoms with Crippen LogP contribution in [-0.4, -0.2) is 33.0 Å². The Bertz CT molecular complexity index is 757. The molecular formula is C17H21ClN2O2S2. The van der Waals surface area contributed by atoms with E-state index in [1.54, 1.807) is 35.6 Å². The normalized spacial score (nSPS) is 17.2. The molecule has 4 nitrogen and oxygen atoms in total. The fourth-order valence-corrected chi connectivity index (χ4v) is 5.13. The van der Waals surface area contributed by atoms with Crippen molar-refractivity contribution in [2.24, 2.45) is 0 Å². The van der Waals surface area contributed by atoms with Gasteiger partial charge in [-0.1, -0.05) is 23.7 Å². The van der Waals surface area contributed by atoms with Crippen LogP contribution < -0.4 is 4.72 Å². The lowest BCUT2D eigenvalue weighted by atomic mass is 10.1. The van der Waals surface area contributed by atoms with Crippen LogP contribution in [0.3, 0.4) is 0 Å². The van der Waals surface area contributed by atoms with Crippen LogP contribution in [0.5, 0.6) is 0 Å². The van der Waals surface area contributed by atoms with Gasteiger partial charge in [0.2, 0.25) is 10.0 Å². The summed E-state index contributed by atoms with van der Waals surface area (Å²) in [5.74, 6) is -0.0517. The van der Waals surface area contributed by atoms with E-state index >= 15 is 0 Å². The lowest BCUT2D eigenvalue weighted by Crippen LogP contribution is -2.37. The molecule has 1 aromatic heterocycles. The van der Waals surface area contributed by atoms with Crippen LogP contribution in [0.15, 0.2) is 41.1 Å². The summed E-state index contributed by atoms with van der Waals surface area (Å²) < 4.78 is 27.6. The third kappa shape index (κ3) is 4.80. The van der Waals surface area contributed by atoms with Gasteiger partial charge >= 0.3 is 0 Å². The summed E-state index contributed by atoms with van der Waals surface area (Å²) >= 11 is 7.58. The van der Waals surface area contributed by atoms with Gasteiger partial charge < -0.3 is 0 Å². The van der Waals surface area contributed by atoms with Crippen molar-refractivity contribution >= 4 is 33.0 Å². The molecule has 0 spiro atoms. The Hall–Kier alpha value is -0.920. The fraction of sp³-hybridized carbons (Fsp3) is 0.412. The van der Waals surface area contributed by atoms with Gasteiger partial charge in [-0.05, 0) is 66.0 Å². The molecule has 0 aliphatic carbocycles. The van der Waals surface area contributed by atoms with Gasteiger partial charge in [-0.15, -0.1) is 0 Å². The van der Waals surface area contributed by atoms with Crippen LogP contribution in [0.4, 0.5) is 0 Å². The summed E-state index contributed by atoms with van der Waals surface area (Å²) in [4.78, 5) is 2.37. The first kappa shape index (κ1) is 17.9.